The molecule has 0 fully saturated rings. The Morgan fingerprint density at radius 1 is 1.22 bits per heavy atom. The first-order chi connectivity index (χ1) is 11.2. The van der Waals surface area contributed by atoms with Crippen LogP contribution in [0.5, 0.6) is 11.5 Å². The van der Waals surface area contributed by atoms with Crippen LogP contribution in [-0.2, 0) is 0 Å². The lowest BCUT2D eigenvalue weighted by atomic mass is 10.2. The number of para-hydroxylation sites is 1. The summed E-state index contributed by atoms with van der Waals surface area (Å²) in [5, 5.41) is 21.4. The maximum atomic E-state index is 12.2. The highest BCUT2D eigenvalue weighted by molar-refractivity contribution is 7.18. The third-order valence-electron chi connectivity index (χ3n) is 2.99. The smallest absolute Gasteiger partial charge is 0.261 e. The summed E-state index contributed by atoms with van der Waals surface area (Å²) in [6, 6.07) is 10.1. The zero-order valence-corrected chi connectivity index (χ0v) is 12.9. The summed E-state index contributed by atoms with van der Waals surface area (Å²) in [6.45, 7) is 0. The van der Waals surface area contributed by atoms with Crippen molar-refractivity contribution in [1.82, 2.24) is 15.2 Å². The molecule has 7 nitrogen and oxygen atoms in total. The molecule has 0 aliphatic heterocycles. The molecule has 0 aliphatic rings. The molecule has 0 saturated carbocycles. The number of phenols is 1. The molecule has 8 heteroatoms. The molecule has 2 heterocycles. The first kappa shape index (κ1) is 14.9. The third kappa shape index (κ3) is 3.11. The first-order valence-corrected chi connectivity index (χ1v) is 7.43. The van der Waals surface area contributed by atoms with Gasteiger partial charge in [-0.3, -0.25) is 15.1 Å². The zero-order chi connectivity index (χ0) is 16.2. The van der Waals surface area contributed by atoms with Crippen molar-refractivity contribution in [2.45, 2.75) is 0 Å². The number of aromatic nitrogens is 3. The summed E-state index contributed by atoms with van der Waals surface area (Å²) in [6.07, 6.45) is 1.66. The number of pyridine rings is 1. The molecule has 0 saturated heterocycles. The van der Waals surface area contributed by atoms with Crippen LogP contribution in [0.15, 0.2) is 42.6 Å². The average molecular weight is 328 g/mol. The SMILES string of the molecule is COc1cccc(C(=O)Nc2nnc(-c3ccccn3)s2)c1O. The van der Waals surface area contributed by atoms with E-state index in [2.05, 4.69) is 20.5 Å². The Kier molecular flexibility index (Phi) is 4.15. The first-order valence-electron chi connectivity index (χ1n) is 6.61. The Morgan fingerprint density at radius 3 is 2.83 bits per heavy atom. The number of rotatable bonds is 4. The Morgan fingerprint density at radius 2 is 2.09 bits per heavy atom. The van der Waals surface area contributed by atoms with Crippen LogP contribution >= 0.6 is 11.3 Å². The molecule has 116 valence electrons. The fourth-order valence-electron chi connectivity index (χ4n) is 1.90. The van der Waals surface area contributed by atoms with Gasteiger partial charge in [0.1, 0.15) is 5.69 Å². The van der Waals surface area contributed by atoms with E-state index >= 15 is 0 Å². The van der Waals surface area contributed by atoms with Gasteiger partial charge in [0.05, 0.1) is 12.7 Å². The number of amides is 1. The predicted octanol–water partition coefficient (Wildman–Crippen LogP) is 2.57. The van der Waals surface area contributed by atoms with Gasteiger partial charge in [-0.05, 0) is 24.3 Å². The van der Waals surface area contributed by atoms with Crippen molar-refractivity contribution < 1.29 is 14.6 Å². The van der Waals surface area contributed by atoms with Gasteiger partial charge in [0.2, 0.25) is 5.13 Å². The number of carbonyl (C=O) groups excluding carboxylic acids is 1. The minimum Gasteiger partial charge on any atom is -0.504 e. The molecule has 23 heavy (non-hydrogen) atoms. The largest absolute Gasteiger partial charge is 0.504 e. The van der Waals surface area contributed by atoms with Crippen LogP contribution in [0.1, 0.15) is 10.4 Å². The van der Waals surface area contributed by atoms with Crippen molar-refractivity contribution in [3.8, 4) is 22.2 Å². The fourth-order valence-corrected chi connectivity index (χ4v) is 2.62. The van der Waals surface area contributed by atoms with E-state index in [1.807, 2.05) is 6.07 Å². The summed E-state index contributed by atoms with van der Waals surface area (Å²) in [5.74, 6) is -0.490. The number of hydrogen-bond donors (Lipinski definition) is 2. The second-order valence-corrected chi connectivity index (χ2v) is 5.42. The quantitative estimate of drug-likeness (QED) is 0.764. The number of carbonyl (C=O) groups is 1. The molecular weight excluding hydrogens is 316 g/mol. The van der Waals surface area contributed by atoms with Crippen LogP contribution in [0.4, 0.5) is 5.13 Å². The van der Waals surface area contributed by atoms with Crippen LogP contribution in [0.3, 0.4) is 0 Å². The average Bonchev–Trinajstić information content (AvgIpc) is 3.04. The molecular formula is C15H12N4O3S. The van der Waals surface area contributed by atoms with Crippen molar-refractivity contribution in [2.24, 2.45) is 0 Å². The van der Waals surface area contributed by atoms with E-state index in [1.165, 1.54) is 24.5 Å². The predicted molar refractivity (Wildman–Crippen MR) is 85.8 cm³/mol. The molecule has 0 radical (unpaired) electrons. The van der Waals surface area contributed by atoms with E-state index in [1.54, 1.807) is 30.5 Å². The Hall–Kier alpha value is -3.00. The number of phenolic OH excluding ortho intramolecular Hbond substituents is 1. The molecule has 0 spiro atoms. The summed E-state index contributed by atoms with van der Waals surface area (Å²) >= 11 is 1.20. The topological polar surface area (TPSA) is 97.2 Å². The molecule has 3 rings (SSSR count). The van der Waals surface area contributed by atoms with Crippen LogP contribution in [0.25, 0.3) is 10.7 Å². The molecule has 1 aromatic carbocycles. The van der Waals surface area contributed by atoms with Crippen LogP contribution in [-0.4, -0.2) is 33.3 Å². The Bertz CT molecular complexity index is 836. The van der Waals surface area contributed by atoms with Crippen molar-refractivity contribution in [1.29, 1.82) is 0 Å². The number of benzene rings is 1. The lowest BCUT2D eigenvalue weighted by Crippen LogP contribution is -2.12. The third-order valence-corrected chi connectivity index (χ3v) is 3.85. The van der Waals surface area contributed by atoms with Gasteiger partial charge in [-0.25, -0.2) is 0 Å². The van der Waals surface area contributed by atoms with Crippen LogP contribution in [0.2, 0.25) is 0 Å². The normalized spacial score (nSPS) is 10.3. The van der Waals surface area contributed by atoms with Crippen LogP contribution < -0.4 is 10.1 Å². The molecule has 0 bridgehead atoms. The number of aromatic hydroxyl groups is 1. The number of anilines is 1. The highest BCUT2D eigenvalue weighted by Gasteiger charge is 2.17. The maximum Gasteiger partial charge on any atom is 0.261 e. The molecule has 2 N–H and O–H groups in total. The van der Waals surface area contributed by atoms with Gasteiger partial charge in [0, 0.05) is 6.20 Å². The number of nitrogens with one attached hydrogen (secondary N) is 1. The van der Waals surface area contributed by atoms with Gasteiger partial charge in [-0.15, -0.1) is 10.2 Å². The molecule has 0 aliphatic carbocycles. The second-order valence-electron chi connectivity index (χ2n) is 4.44. The van der Waals surface area contributed by atoms with Gasteiger partial charge >= 0.3 is 0 Å². The molecule has 2 aromatic heterocycles. The number of nitrogens with zero attached hydrogens (tertiary/aromatic N) is 3. The zero-order valence-electron chi connectivity index (χ0n) is 12.1. The molecule has 0 atom stereocenters. The van der Waals surface area contributed by atoms with E-state index in [0.29, 0.717) is 15.8 Å². The van der Waals surface area contributed by atoms with E-state index in [-0.39, 0.29) is 17.1 Å². The fraction of sp³-hybridized carbons (Fsp3) is 0.0667. The summed E-state index contributed by atoms with van der Waals surface area (Å²) < 4.78 is 4.98. The van der Waals surface area contributed by atoms with Gasteiger partial charge in [-0.1, -0.05) is 23.5 Å². The minimum atomic E-state index is -0.495. The van der Waals surface area contributed by atoms with E-state index in [4.69, 9.17) is 4.74 Å². The lowest BCUT2D eigenvalue weighted by molar-refractivity contribution is 0.102. The van der Waals surface area contributed by atoms with E-state index in [0.717, 1.165) is 0 Å². The minimum absolute atomic E-state index is 0.0962. The summed E-state index contributed by atoms with van der Waals surface area (Å²) in [7, 11) is 1.42. The van der Waals surface area contributed by atoms with Gasteiger partial charge in [0.15, 0.2) is 16.5 Å². The Balaban J connectivity index is 1.80. The van der Waals surface area contributed by atoms with Gasteiger partial charge in [-0.2, -0.15) is 0 Å². The Labute approximate surface area is 135 Å². The second kappa shape index (κ2) is 6.41. The standard InChI is InChI=1S/C15H12N4O3S/c1-22-11-7-4-5-9(12(11)20)13(21)17-15-19-18-14(23-15)10-6-2-3-8-16-10/h2-8,20H,1H3,(H,17,19,21). The number of hydrogen-bond acceptors (Lipinski definition) is 7. The highest BCUT2D eigenvalue weighted by atomic mass is 32.1. The van der Waals surface area contributed by atoms with E-state index in [9.17, 15) is 9.90 Å². The maximum absolute atomic E-state index is 12.2. The van der Waals surface area contributed by atoms with Gasteiger partial charge in [0.25, 0.3) is 5.91 Å². The van der Waals surface area contributed by atoms with Crippen molar-refractivity contribution in [2.75, 3.05) is 12.4 Å². The van der Waals surface area contributed by atoms with Crippen molar-refractivity contribution in [3.63, 3.8) is 0 Å². The molecule has 3 aromatic rings. The van der Waals surface area contributed by atoms with Crippen molar-refractivity contribution in [3.05, 3.63) is 48.2 Å². The van der Waals surface area contributed by atoms with E-state index < -0.39 is 5.91 Å². The van der Waals surface area contributed by atoms with Crippen molar-refractivity contribution >= 4 is 22.4 Å². The lowest BCUT2D eigenvalue weighted by Gasteiger charge is -2.07. The monoisotopic (exact) mass is 328 g/mol. The van der Waals surface area contributed by atoms with Gasteiger partial charge < -0.3 is 9.84 Å². The number of methoxy groups -OCH3 is 1. The number of ether oxygens (including phenoxy) is 1. The summed E-state index contributed by atoms with van der Waals surface area (Å²) in [4.78, 5) is 16.4. The van der Waals surface area contributed by atoms with Crippen LogP contribution in [0, 0.1) is 0 Å². The molecule has 0 unspecified atom stereocenters. The highest BCUT2D eigenvalue weighted by Crippen LogP contribution is 2.30. The molecule has 1 amide bonds. The summed E-state index contributed by atoms with van der Waals surface area (Å²) in [5.41, 5.74) is 0.772.